The number of phenols is 1. The van der Waals surface area contributed by atoms with Gasteiger partial charge in [0.25, 0.3) is 0 Å². The Morgan fingerprint density at radius 2 is 1.88 bits per heavy atom. The predicted octanol–water partition coefficient (Wildman–Crippen LogP) is 1.89. The van der Waals surface area contributed by atoms with E-state index in [-0.39, 0.29) is 5.54 Å². The fraction of sp³-hybridized carbons (Fsp3) is 0.571. The van der Waals surface area contributed by atoms with E-state index in [1.165, 1.54) is 37.9 Å². The van der Waals surface area contributed by atoms with Gasteiger partial charge in [0, 0.05) is 18.6 Å². The monoisotopic (exact) mass is 232 g/mol. The number of hydrogen-bond acceptors (Lipinski definition) is 3. The topological polar surface area (TPSA) is 35.5 Å². The normalized spacial score (nSPS) is 24.1. The molecular formula is C14H20N2O. The second-order valence-electron chi connectivity index (χ2n) is 5.29. The summed E-state index contributed by atoms with van der Waals surface area (Å²) in [5, 5.41) is 12.9. The number of aromatic hydroxyl groups is 1. The van der Waals surface area contributed by atoms with Crippen molar-refractivity contribution < 1.29 is 5.11 Å². The summed E-state index contributed by atoms with van der Waals surface area (Å²) in [5.41, 5.74) is 1.60. The van der Waals surface area contributed by atoms with Crippen LogP contribution >= 0.6 is 0 Å². The van der Waals surface area contributed by atoms with E-state index in [2.05, 4.69) is 29.4 Å². The van der Waals surface area contributed by atoms with Crippen molar-refractivity contribution >= 4 is 0 Å². The van der Waals surface area contributed by atoms with Gasteiger partial charge in [0.05, 0.1) is 6.04 Å². The summed E-state index contributed by atoms with van der Waals surface area (Å²) in [5.74, 6) is 0.352. The van der Waals surface area contributed by atoms with Crippen LogP contribution in [0.3, 0.4) is 0 Å². The first-order valence-corrected chi connectivity index (χ1v) is 6.47. The third kappa shape index (κ3) is 1.83. The SMILES string of the molecule is CNC1(C(c2ccc(O)cc2)N2CCC2)CC1. The molecule has 2 aliphatic rings. The Labute approximate surface area is 102 Å². The van der Waals surface area contributed by atoms with Gasteiger partial charge < -0.3 is 10.4 Å². The van der Waals surface area contributed by atoms with E-state index < -0.39 is 0 Å². The molecule has 1 saturated carbocycles. The average Bonchev–Trinajstić information content (AvgIpc) is 3.05. The lowest BCUT2D eigenvalue weighted by molar-refractivity contribution is 0.0840. The number of benzene rings is 1. The highest BCUT2D eigenvalue weighted by molar-refractivity contribution is 5.32. The van der Waals surface area contributed by atoms with Gasteiger partial charge in [-0.05, 0) is 44.0 Å². The fourth-order valence-corrected chi connectivity index (χ4v) is 2.93. The summed E-state index contributed by atoms with van der Waals surface area (Å²) < 4.78 is 0. The fourth-order valence-electron chi connectivity index (χ4n) is 2.93. The molecule has 2 fully saturated rings. The minimum atomic E-state index is 0.275. The molecule has 0 aromatic heterocycles. The first-order valence-electron chi connectivity index (χ1n) is 6.47. The Bertz CT molecular complexity index is 393. The van der Waals surface area contributed by atoms with E-state index in [0.717, 1.165) is 0 Å². The molecular weight excluding hydrogens is 212 g/mol. The third-order valence-corrected chi connectivity index (χ3v) is 4.27. The molecule has 0 spiro atoms. The van der Waals surface area contributed by atoms with E-state index in [0.29, 0.717) is 11.8 Å². The van der Waals surface area contributed by atoms with Crippen LogP contribution in [0.2, 0.25) is 0 Å². The maximum absolute atomic E-state index is 9.39. The lowest BCUT2D eigenvalue weighted by Gasteiger charge is -2.43. The van der Waals surface area contributed by atoms with Crippen LogP contribution in [-0.4, -0.2) is 35.7 Å². The highest BCUT2D eigenvalue weighted by atomic mass is 16.3. The zero-order chi connectivity index (χ0) is 11.9. The maximum atomic E-state index is 9.39. The number of rotatable bonds is 4. The van der Waals surface area contributed by atoms with Crippen LogP contribution in [0.15, 0.2) is 24.3 Å². The summed E-state index contributed by atoms with van der Waals surface area (Å²) in [7, 11) is 2.07. The maximum Gasteiger partial charge on any atom is 0.115 e. The standard InChI is InChI=1S/C14H20N2O/c1-15-14(7-8-14)13(16-9-2-10-16)11-3-5-12(17)6-4-11/h3-6,13,15,17H,2,7-10H2,1H3. The number of hydrogen-bond donors (Lipinski definition) is 2. The molecule has 2 N–H and O–H groups in total. The highest BCUT2D eigenvalue weighted by Gasteiger charge is 2.51. The molecule has 1 aliphatic carbocycles. The van der Waals surface area contributed by atoms with Crippen LogP contribution < -0.4 is 5.32 Å². The Balaban J connectivity index is 1.90. The predicted molar refractivity (Wildman–Crippen MR) is 68.1 cm³/mol. The van der Waals surface area contributed by atoms with Crippen molar-refractivity contribution in [3.63, 3.8) is 0 Å². The van der Waals surface area contributed by atoms with Crippen LogP contribution in [0.4, 0.5) is 0 Å². The van der Waals surface area contributed by atoms with Gasteiger partial charge in [-0.15, -0.1) is 0 Å². The summed E-state index contributed by atoms with van der Waals surface area (Å²) in [4.78, 5) is 2.55. The quantitative estimate of drug-likeness (QED) is 0.832. The molecule has 1 aromatic rings. The van der Waals surface area contributed by atoms with Gasteiger partial charge >= 0.3 is 0 Å². The van der Waals surface area contributed by atoms with Gasteiger partial charge in [-0.3, -0.25) is 4.90 Å². The molecule has 92 valence electrons. The van der Waals surface area contributed by atoms with Gasteiger partial charge in [0.2, 0.25) is 0 Å². The lowest BCUT2D eigenvalue weighted by atomic mass is 9.92. The Morgan fingerprint density at radius 3 is 2.29 bits per heavy atom. The van der Waals surface area contributed by atoms with E-state index in [1.807, 2.05) is 0 Å². The lowest BCUT2D eigenvalue weighted by Crippen LogP contribution is -2.50. The molecule has 1 heterocycles. The van der Waals surface area contributed by atoms with Crippen molar-refractivity contribution in [1.29, 1.82) is 0 Å². The van der Waals surface area contributed by atoms with Crippen molar-refractivity contribution in [2.45, 2.75) is 30.8 Å². The van der Waals surface area contributed by atoms with Crippen molar-refractivity contribution in [3.05, 3.63) is 29.8 Å². The Morgan fingerprint density at radius 1 is 1.24 bits per heavy atom. The first kappa shape index (κ1) is 11.1. The zero-order valence-electron chi connectivity index (χ0n) is 10.3. The van der Waals surface area contributed by atoms with Gasteiger partial charge in [-0.2, -0.15) is 0 Å². The molecule has 1 atom stereocenters. The van der Waals surface area contributed by atoms with E-state index in [4.69, 9.17) is 0 Å². The molecule has 0 amide bonds. The van der Waals surface area contributed by atoms with E-state index in [9.17, 15) is 5.11 Å². The van der Waals surface area contributed by atoms with Gasteiger partial charge in [-0.25, -0.2) is 0 Å². The number of nitrogens with one attached hydrogen (secondary N) is 1. The molecule has 3 heteroatoms. The molecule has 3 nitrogen and oxygen atoms in total. The molecule has 0 radical (unpaired) electrons. The summed E-state index contributed by atoms with van der Waals surface area (Å²) in [6.45, 7) is 2.41. The molecule has 3 rings (SSSR count). The zero-order valence-corrected chi connectivity index (χ0v) is 10.3. The third-order valence-electron chi connectivity index (χ3n) is 4.27. The number of likely N-dealkylation sites (tertiary alicyclic amines) is 1. The Kier molecular flexibility index (Phi) is 2.60. The van der Waals surface area contributed by atoms with Crippen LogP contribution in [-0.2, 0) is 0 Å². The van der Waals surface area contributed by atoms with Crippen LogP contribution in [0.1, 0.15) is 30.9 Å². The molecule has 1 unspecified atom stereocenters. The first-order chi connectivity index (χ1) is 8.25. The van der Waals surface area contributed by atoms with Crippen LogP contribution in [0.25, 0.3) is 0 Å². The highest BCUT2D eigenvalue weighted by Crippen LogP contribution is 2.49. The molecule has 1 aliphatic heterocycles. The van der Waals surface area contributed by atoms with Gasteiger partial charge in [-0.1, -0.05) is 12.1 Å². The van der Waals surface area contributed by atoms with Gasteiger partial charge in [0.1, 0.15) is 5.75 Å². The molecule has 17 heavy (non-hydrogen) atoms. The molecule has 0 bridgehead atoms. The second-order valence-corrected chi connectivity index (χ2v) is 5.29. The second kappa shape index (κ2) is 4.00. The van der Waals surface area contributed by atoms with Crippen LogP contribution in [0, 0.1) is 0 Å². The summed E-state index contributed by atoms with van der Waals surface area (Å²) in [6, 6.07) is 8.20. The van der Waals surface area contributed by atoms with Crippen molar-refractivity contribution in [2.75, 3.05) is 20.1 Å². The molecule has 1 aromatic carbocycles. The van der Waals surface area contributed by atoms with Crippen molar-refractivity contribution in [2.24, 2.45) is 0 Å². The number of phenolic OH excluding ortho intramolecular Hbond substituents is 1. The number of nitrogens with zero attached hydrogens (tertiary/aromatic N) is 1. The van der Waals surface area contributed by atoms with Crippen LogP contribution in [0.5, 0.6) is 5.75 Å². The summed E-state index contributed by atoms with van der Waals surface area (Å²) in [6.07, 6.45) is 3.82. The minimum Gasteiger partial charge on any atom is -0.508 e. The van der Waals surface area contributed by atoms with E-state index >= 15 is 0 Å². The largest absolute Gasteiger partial charge is 0.508 e. The van der Waals surface area contributed by atoms with E-state index in [1.54, 1.807) is 12.1 Å². The summed E-state index contributed by atoms with van der Waals surface area (Å²) >= 11 is 0. The minimum absolute atomic E-state index is 0.275. The number of likely N-dealkylation sites (N-methyl/N-ethyl adjacent to an activating group) is 1. The smallest absolute Gasteiger partial charge is 0.115 e. The molecule has 1 saturated heterocycles. The van der Waals surface area contributed by atoms with Gasteiger partial charge in [0.15, 0.2) is 0 Å². The van der Waals surface area contributed by atoms with Crippen molar-refractivity contribution in [3.8, 4) is 5.75 Å². The Hall–Kier alpha value is -1.06. The average molecular weight is 232 g/mol. The van der Waals surface area contributed by atoms with Crippen molar-refractivity contribution in [1.82, 2.24) is 10.2 Å².